The van der Waals surface area contributed by atoms with E-state index < -0.39 is 0 Å². The van der Waals surface area contributed by atoms with Gasteiger partial charge in [0, 0.05) is 12.1 Å². The van der Waals surface area contributed by atoms with Crippen LogP contribution in [0.3, 0.4) is 0 Å². The summed E-state index contributed by atoms with van der Waals surface area (Å²) in [6, 6.07) is 19.8. The molecule has 0 aliphatic carbocycles. The van der Waals surface area contributed by atoms with Crippen LogP contribution in [0.25, 0.3) is 5.70 Å². The van der Waals surface area contributed by atoms with Crippen molar-refractivity contribution in [1.29, 1.82) is 0 Å². The number of hydrogen-bond acceptors (Lipinski definition) is 3. The van der Waals surface area contributed by atoms with Gasteiger partial charge in [-0.1, -0.05) is 87.5 Å². The van der Waals surface area contributed by atoms with Crippen LogP contribution in [0.4, 0.5) is 0 Å². The third-order valence-corrected chi connectivity index (χ3v) is 4.57. The minimum Gasteiger partial charge on any atom is -0.374 e. The first-order valence-corrected chi connectivity index (χ1v) is 10.5. The summed E-state index contributed by atoms with van der Waals surface area (Å²) in [5.74, 6) is 0.00657. The van der Waals surface area contributed by atoms with E-state index in [-0.39, 0.29) is 17.4 Å². The SMILES string of the molecule is C/C=C(\N=C(/C)[C@H](COCc1ccccc1)NC(=O)CC(C)(C)C)c1ccccc1. The summed E-state index contributed by atoms with van der Waals surface area (Å²) in [5.41, 5.74) is 3.77. The highest BCUT2D eigenvalue weighted by molar-refractivity contribution is 5.95. The number of aliphatic imine (C=N–C) groups is 1. The van der Waals surface area contributed by atoms with Crippen molar-refractivity contribution in [2.24, 2.45) is 10.4 Å². The number of benzene rings is 2. The maximum absolute atomic E-state index is 12.6. The summed E-state index contributed by atoms with van der Waals surface area (Å²) in [7, 11) is 0. The number of ether oxygens (including phenoxy) is 1. The van der Waals surface area contributed by atoms with Gasteiger partial charge in [-0.05, 0) is 30.4 Å². The van der Waals surface area contributed by atoms with Crippen molar-refractivity contribution in [3.05, 3.63) is 77.9 Å². The first-order valence-electron chi connectivity index (χ1n) is 10.5. The van der Waals surface area contributed by atoms with Gasteiger partial charge < -0.3 is 10.1 Å². The highest BCUT2D eigenvalue weighted by Gasteiger charge is 2.21. The van der Waals surface area contributed by atoms with Crippen LogP contribution in [0.2, 0.25) is 0 Å². The monoisotopic (exact) mass is 406 g/mol. The largest absolute Gasteiger partial charge is 0.374 e. The molecular weight excluding hydrogens is 372 g/mol. The Morgan fingerprint density at radius 1 is 1.07 bits per heavy atom. The van der Waals surface area contributed by atoms with Crippen LogP contribution in [0.5, 0.6) is 0 Å². The second kappa shape index (κ2) is 11.5. The van der Waals surface area contributed by atoms with Crippen molar-refractivity contribution in [2.75, 3.05) is 6.61 Å². The van der Waals surface area contributed by atoms with E-state index in [1.807, 2.05) is 80.6 Å². The highest BCUT2D eigenvalue weighted by Crippen LogP contribution is 2.19. The molecule has 0 radical (unpaired) electrons. The molecule has 160 valence electrons. The fourth-order valence-corrected chi connectivity index (χ4v) is 3.04. The maximum atomic E-state index is 12.6. The molecule has 0 aliphatic rings. The summed E-state index contributed by atoms with van der Waals surface area (Å²) in [6.07, 6.45) is 2.43. The molecule has 30 heavy (non-hydrogen) atoms. The fraction of sp³-hybridized carbons (Fsp3) is 0.385. The van der Waals surface area contributed by atoms with E-state index in [9.17, 15) is 4.79 Å². The van der Waals surface area contributed by atoms with Gasteiger partial charge in [0.05, 0.1) is 25.0 Å². The number of amides is 1. The second-order valence-corrected chi connectivity index (χ2v) is 8.65. The zero-order valence-electron chi connectivity index (χ0n) is 18.8. The lowest BCUT2D eigenvalue weighted by Gasteiger charge is -2.23. The number of rotatable bonds is 9. The van der Waals surface area contributed by atoms with Crippen LogP contribution >= 0.6 is 0 Å². The molecule has 4 heteroatoms. The third kappa shape index (κ3) is 8.34. The molecule has 2 aromatic rings. The molecule has 0 spiro atoms. The van der Waals surface area contributed by atoms with Crippen LogP contribution in [0.15, 0.2) is 71.7 Å². The van der Waals surface area contributed by atoms with Crippen LogP contribution < -0.4 is 5.32 Å². The lowest BCUT2D eigenvalue weighted by atomic mass is 9.92. The Labute approximate surface area is 181 Å². The number of allylic oxidation sites excluding steroid dienone is 1. The van der Waals surface area contributed by atoms with Crippen molar-refractivity contribution < 1.29 is 9.53 Å². The molecule has 1 amide bonds. The van der Waals surface area contributed by atoms with Crippen molar-refractivity contribution in [1.82, 2.24) is 5.32 Å². The van der Waals surface area contributed by atoms with E-state index >= 15 is 0 Å². The van der Waals surface area contributed by atoms with E-state index in [4.69, 9.17) is 9.73 Å². The van der Waals surface area contributed by atoms with Crippen molar-refractivity contribution in [3.8, 4) is 0 Å². The van der Waals surface area contributed by atoms with Gasteiger partial charge in [0.1, 0.15) is 0 Å². The Bertz CT molecular complexity index is 850. The second-order valence-electron chi connectivity index (χ2n) is 8.65. The average Bonchev–Trinajstić information content (AvgIpc) is 2.71. The molecule has 0 saturated heterocycles. The maximum Gasteiger partial charge on any atom is 0.221 e. The van der Waals surface area contributed by atoms with Crippen molar-refractivity contribution >= 4 is 17.3 Å². The van der Waals surface area contributed by atoms with Crippen LogP contribution in [-0.4, -0.2) is 24.3 Å². The normalized spacial score (nSPS) is 13.8. The fourth-order valence-electron chi connectivity index (χ4n) is 3.04. The number of carbonyl (C=O) groups excluding carboxylic acids is 1. The minimum absolute atomic E-state index is 0.00657. The summed E-state index contributed by atoms with van der Waals surface area (Å²) in [4.78, 5) is 17.4. The molecular formula is C26H34N2O2. The van der Waals surface area contributed by atoms with Gasteiger partial charge in [-0.3, -0.25) is 9.79 Å². The van der Waals surface area contributed by atoms with Crippen molar-refractivity contribution in [2.45, 2.75) is 53.7 Å². The third-order valence-electron chi connectivity index (χ3n) is 4.57. The van der Waals surface area contributed by atoms with Gasteiger partial charge in [-0.25, -0.2) is 0 Å². The predicted octanol–water partition coefficient (Wildman–Crippen LogP) is 5.65. The number of hydrogen-bond donors (Lipinski definition) is 1. The van der Waals surface area contributed by atoms with Crippen molar-refractivity contribution in [3.63, 3.8) is 0 Å². The molecule has 0 saturated carbocycles. The molecule has 1 N–H and O–H groups in total. The predicted molar refractivity (Wildman–Crippen MR) is 125 cm³/mol. The Morgan fingerprint density at radius 2 is 1.67 bits per heavy atom. The Hall–Kier alpha value is -2.72. The Morgan fingerprint density at radius 3 is 2.23 bits per heavy atom. The van der Waals surface area contributed by atoms with Crippen LogP contribution in [0.1, 0.15) is 52.2 Å². The molecule has 0 aromatic heterocycles. The van der Waals surface area contributed by atoms with E-state index in [0.29, 0.717) is 19.6 Å². The summed E-state index contributed by atoms with van der Waals surface area (Å²) in [6.45, 7) is 10.9. The van der Waals surface area contributed by atoms with Gasteiger partial charge in [-0.15, -0.1) is 0 Å². The average molecular weight is 407 g/mol. The van der Waals surface area contributed by atoms with Gasteiger partial charge in [0.2, 0.25) is 5.91 Å². The topological polar surface area (TPSA) is 50.7 Å². The molecule has 2 rings (SSSR count). The zero-order valence-corrected chi connectivity index (χ0v) is 18.8. The first-order chi connectivity index (χ1) is 14.3. The molecule has 0 fully saturated rings. The van der Waals surface area contributed by atoms with Gasteiger partial charge in [0.15, 0.2) is 0 Å². The Kier molecular flexibility index (Phi) is 9.00. The number of nitrogens with one attached hydrogen (secondary N) is 1. The summed E-state index contributed by atoms with van der Waals surface area (Å²) >= 11 is 0. The lowest BCUT2D eigenvalue weighted by Crippen LogP contribution is -2.44. The smallest absolute Gasteiger partial charge is 0.221 e. The van der Waals surface area contributed by atoms with E-state index in [1.165, 1.54) is 0 Å². The van der Waals surface area contributed by atoms with Gasteiger partial charge in [-0.2, -0.15) is 0 Å². The summed E-state index contributed by atoms with van der Waals surface area (Å²) < 4.78 is 5.94. The molecule has 1 atom stereocenters. The van der Waals surface area contributed by atoms with Crippen LogP contribution in [-0.2, 0) is 16.1 Å². The molecule has 2 aromatic carbocycles. The molecule has 0 heterocycles. The number of carbonyl (C=O) groups is 1. The lowest BCUT2D eigenvalue weighted by molar-refractivity contribution is -0.123. The molecule has 0 aliphatic heterocycles. The van der Waals surface area contributed by atoms with Gasteiger partial charge >= 0.3 is 0 Å². The van der Waals surface area contributed by atoms with E-state index in [1.54, 1.807) is 0 Å². The molecule has 0 unspecified atom stereocenters. The number of nitrogens with zero attached hydrogens (tertiary/aromatic N) is 1. The van der Waals surface area contributed by atoms with E-state index in [0.717, 1.165) is 22.5 Å². The zero-order chi connectivity index (χ0) is 22.0. The summed E-state index contributed by atoms with van der Waals surface area (Å²) in [5, 5.41) is 3.12. The Balaban J connectivity index is 2.14. The standard InChI is InChI=1S/C26H34N2O2/c1-6-23(22-15-11-8-12-16-22)27-20(2)24(28-25(29)17-26(3,4)5)19-30-18-21-13-9-7-10-14-21/h6-16,24H,17-19H2,1-5H3,(H,28,29)/b23-6-,27-20+/t24-/m0/s1. The minimum atomic E-state index is -0.290. The first kappa shape index (κ1) is 23.6. The molecule has 0 bridgehead atoms. The van der Waals surface area contributed by atoms with E-state index in [2.05, 4.69) is 26.1 Å². The van der Waals surface area contributed by atoms with Crippen LogP contribution in [0, 0.1) is 5.41 Å². The molecule has 4 nitrogen and oxygen atoms in total. The quantitative estimate of drug-likeness (QED) is 0.547. The highest BCUT2D eigenvalue weighted by atomic mass is 16.5. The van der Waals surface area contributed by atoms with Gasteiger partial charge in [0.25, 0.3) is 0 Å².